The first-order chi connectivity index (χ1) is 25.8. The molecule has 10 bridgehead atoms. The molecule has 9 rings (SSSR count). The molecule has 3 N–H and O–H groups in total. The van der Waals surface area contributed by atoms with E-state index in [2.05, 4.69) is 143 Å². The number of H-pyrrole nitrogens is 3. The summed E-state index contributed by atoms with van der Waals surface area (Å²) in [6, 6.07) is 26.8. The van der Waals surface area contributed by atoms with Crippen LogP contribution in [0.4, 0.5) is 0 Å². The molecule has 0 amide bonds. The Labute approximate surface area is 310 Å². The van der Waals surface area contributed by atoms with Gasteiger partial charge in [0.15, 0.2) is 0 Å². The molecule has 0 atom stereocenters. The lowest BCUT2D eigenvalue weighted by atomic mass is 9.95. The summed E-state index contributed by atoms with van der Waals surface area (Å²) >= 11 is 0. The van der Waals surface area contributed by atoms with Crippen molar-refractivity contribution in [1.82, 2.24) is 24.9 Å². The van der Waals surface area contributed by atoms with Gasteiger partial charge in [-0.3, -0.25) is 0 Å². The number of aromatic amines is 3. The van der Waals surface area contributed by atoms with Crippen LogP contribution in [-0.2, 0) is 12.8 Å². The van der Waals surface area contributed by atoms with E-state index < -0.39 is 0 Å². The van der Waals surface area contributed by atoms with Crippen molar-refractivity contribution in [3.05, 3.63) is 118 Å². The van der Waals surface area contributed by atoms with Gasteiger partial charge in [0.1, 0.15) is 0 Å². The van der Waals surface area contributed by atoms with Crippen LogP contribution in [0.25, 0.3) is 87.7 Å². The van der Waals surface area contributed by atoms with E-state index in [1.54, 1.807) is 0 Å². The first-order valence-electron chi connectivity index (χ1n) is 19.4. The molecule has 5 heteroatoms. The van der Waals surface area contributed by atoms with Crippen molar-refractivity contribution in [1.29, 1.82) is 0 Å². The van der Waals surface area contributed by atoms with Crippen LogP contribution in [0, 0.1) is 13.8 Å². The minimum Gasteiger partial charge on any atom is -0.354 e. The fraction of sp³-hybridized carbons (Fsp3) is 0.250. The SMILES string of the molecule is CCC1=C(C)c2cc3[nH]c(cc4nc(cc5[nH]c(c(C)c5CC)c5[nH]c(cc1n2)c(CC)c5C)C(CC)=C4C)c1c2ccccc2c2ccccc2c31. The summed E-state index contributed by atoms with van der Waals surface area (Å²) < 4.78 is 0. The number of aryl methyl sites for hydroxylation is 4. The molecule has 3 aromatic carbocycles. The van der Waals surface area contributed by atoms with Gasteiger partial charge in [-0.15, -0.1) is 0 Å². The fourth-order valence-electron chi connectivity index (χ4n) is 9.37. The van der Waals surface area contributed by atoms with Gasteiger partial charge in [-0.1, -0.05) is 76.2 Å². The maximum atomic E-state index is 5.40. The van der Waals surface area contributed by atoms with Gasteiger partial charge >= 0.3 is 0 Å². The minimum atomic E-state index is 0.906. The van der Waals surface area contributed by atoms with Gasteiger partial charge in [0.25, 0.3) is 0 Å². The van der Waals surface area contributed by atoms with Gasteiger partial charge < -0.3 is 15.0 Å². The van der Waals surface area contributed by atoms with Crippen LogP contribution in [-0.4, -0.2) is 24.9 Å². The molecule has 2 aliphatic rings. The van der Waals surface area contributed by atoms with Gasteiger partial charge in [-0.2, -0.15) is 0 Å². The third-order valence-corrected chi connectivity index (χ3v) is 12.1. The van der Waals surface area contributed by atoms with Crippen LogP contribution in [0.2, 0.25) is 0 Å². The highest BCUT2D eigenvalue weighted by Crippen LogP contribution is 2.42. The predicted octanol–water partition coefficient (Wildman–Crippen LogP) is 13.2. The summed E-state index contributed by atoms with van der Waals surface area (Å²) in [4.78, 5) is 22.5. The number of allylic oxidation sites excluding steroid dienone is 4. The second-order valence-electron chi connectivity index (χ2n) is 14.8. The van der Waals surface area contributed by atoms with E-state index >= 15 is 0 Å². The molecule has 0 spiro atoms. The zero-order valence-corrected chi connectivity index (χ0v) is 32.2. The zero-order valence-electron chi connectivity index (χ0n) is 32.2. The molecule has 0 radical (unpaired) electrons. The Hall–Kier alpha value is -5.68. The molecule has 264 valence electrons. The normalized spacial score (nSPS) is 13.4. The van der Waals surface area contributed by atoms with Gasteiger partial charge in [-0.25, -0.2) is 9.97 Å². The number of nitrogens with one attached hydrogen (secondary N) is 3. The third-order valence-electron chi connectivity index (χ3n) is 12.1. The Morgan fingerprint density at radius 1 is 0.434 bits per heavy atom. The van der Waals surface area contributed by atoms with Crippen LogP contribution < -0.4 is 0 Å². The topological polar surface area (TPSA) is 73.2 Å². The Morgan fingerprint density at radius 2 is 0.811 bits per heavy atom. The zero-order chi connectivity index (χ0) is 36.7. The summed E-state index contributed by atoms with van der Waals surface area (Å²) in [6.45, 7) is 18.0. The largest absolute Gasteiger partial charge is 0.354 e. The molecule has 0 saturated carbocycles. The quantitative estimate of drug-likeness (QED) is 0.161. The van der Waals surface area contributed by atoms with Crippen molar-refractivity contribution in [2.24, 2.45) is 0 Å². The maximum Gasteiger partial charge on any atom is 0.0693 e. The van der Waals surface area contributed by atoms with Crippen LogP contribution in [0.5, 0.6) is 0 Å². The fourth-order valence-corrected chi connectivity index (χ4v) is 9.37. The molecule has 7 aromatic rings. The lowest BCUT2D eigenvalue weighted by Crippen LogP contribution is -1.83. The van der Waals surface area contributed by atoms with Crippen molar-refractivity contribution in [2.75, 3.05) is 0 Å². The highest BCUT2D eigenvalue weighted by atomic mass is 14.8. The van der Waals surface area contributed by atoms with E-state index in [1.807, 2.05) is 0 Å². The Kier molecular flexibility index (Phi) is 7.81. The van der Waals surface area contributed by atoms with Crippen molar-refractivity contribution < 1.29 is 0 Å². The van der Waals surface area contributed by atoms with E-state index in [0.29, 0.717) is 0 Å². The molecule has 0 saturated heterocycles. The predicted molar refractivity (Wildman–Crippen MR) is 228 cm³/mol. The van der Waals surface area contributed by atoms with Crippen LogP contribution in [0.15, 0.2) is 72.8 Å². The monoisotopic (exact) mass is 693 g/mol. The van der Waals surface area contributed by atoms with Gasteiger partial charge in [0.2, 0.25) is 0 Å². The molecule has 53 heavy (non-hydrogen) atoms. The van der Waals surface area contributed by atoms with E-state index in [0.717, 1.165) is 81.6 Å². The summed E-state index contributed by atoms with van der Waals surface area (Å²) in [6.07, 6.45) is 3.68. The second-order valence-corrected chi connectivity index (χ2v) is 14.8. The van der Waals surface area contributed by atoms with Crippen molar-refractivity contribution in [2.45, 2.75) is 81.1 Å². The minimum absolute atomic E-state index is 0.906. The average molecular weight is 694 g/mol. The van der Waals surface area contributed by atoms with Crippen molar-refractivity contribution in [3.8, 4) is 0 Å². The molecule has 0 fully saturated rings. The van der Waals surface area contributed by atoms with E-state index in [1.165, 1.54) is 76.9 Å². The van der Waals surface area contributed by atoms with Gasteiger partial charge in [0.05, 0.1) is 33.8 Å². The molecule has 0 unspecified atom stereocenters. The molecule has 2 aliphatic heterocycles. The molecule has 4 aromatic heterocycles. The molecular formula is C48H47N5. The maximum absolute atomic E-state index is 5.40. The molecule has 6 heterocycles. The molecule has 0 aliphatic carbocycles. The summed E-state index contributed by atoms with van der Waals surface area (Å²) in [5.74, 6) is 0. The summed E-state index contributed by atoms with van der Waals surface area (Å²) in [7, 11) is 0. The summed E-state index contributed by atoms with van der Waals surface area (Å²) in [5.41, 5.74) is 21.1. The van der Waals surface area contributed by atoms with E-state index in [-0.39, 0.29) is 0 Å². The van der Waals surface area contributed by atoms with E-state index in [4.69, 9.17) is 9.97 Å². The standard InChI is InChI=1S/C48H47N5/c1-9-29-25(5)37-21-43-45-35-19-15-13-17-33(35)34-18-14-16-20-36(34)46(45)44(51-43)22-38-26(6)30(10-2)40(50-38)24-42-32(12-4)28(8)48(53-42)47-27(7)31(11-3)41(52-47)23-39(29)49-37/h13-24,51-53H,9-12H2,1-8H3. The summed E-state index contributed by atoms with van der Waals surface area (Å²) in [5, 5.41) is 7.42. The van der Waals surface area contributed by atoms with Crippen LogP contribution in [0.3, 0.4) is 0 Å². The van der Waals surface area contributed by atoms with Gasteiger partial charge in [-0.05, 0) is 144 Å². The first kappa shape index (κ1) is 33.2. The number of benzene rings is 3. The van der Waals surface area contributed by atoms with Gasteiger partial charge in [0, 0.05) is 32.8 Å². The molecular weight excluding hydrogens is 647 g/mol. The highest BCUT2D eigenvalue weighted by molar-refractivity contribution is 6.33. The Morgan fingerprint density at radius 3 is 1.19 bits per heavy atom. The number of aromatic nitrogens is 5. The lowest BCUT2D eigenvalue weighted by Gasteiger charge is -2.07. The number of hydrogen-bond acceptors (Lipinski definition) is 2. The molecule has 5 nitrogen and oxygen atoms in total. The number of rotatable bonds is 4. The highest BCUT2D eigenvalue weighted by Gasteiger charge is 2.21. The van der Waals surface area contributed by atoms with E-state index in [9.17, 15) is 0 Å². The smallest absolute Gasteiger partial charge is 0.0693 e. The average Bonchev–Trinajstić information content (AvgIpc) is 3.93. The second kappa shape index (κ2) is 12.5. The number of fused-ring (bicyclic) bond motifs is 19. The van der Waals surface area contributed by atoms with Crippen molar-refractivity contribution >= 4 is 87.7 Å². The number of nitrogens with zero attached hydrogens (tertiary/aromatic N) is 2. The van der Waals surface area contributed by atoms with Crippen LogP contribution in [0.1, 0.15) is 99.4 Å². The van der Waals surface area contributed by atoms with Crippen molar-refractivity contribution in [3.63, 3.8) is 0 Å². The third kappa shape index (κ3) is 4.90. The lowest BCUT2D eigenvalue weighted by molar-refractivity contribution is 1.14. The Balaban J connectivity index is 1.55. The first-order valence-corrected chi connectivity index (χ1v) is 19.4. The number of hydrogen-bond donors (Lipinski definition) is 3. The Bertz CT molecular complexity index is 2780. The van der Waals surface area contributed by atoms with Crippen LogP contribution >= 0.6 is 0 Å².